The molecule has 146 valence electrons. The Bertz CT molecular complexity index is 901. The molecule has 0 saturated carbocycles. The zero-order valence-corrected chi connectivity index (χ0v) is 15.6. The number of carboxylic acid groups (broad SMARTS) is 1. The molecule has 3 rings (SSSR count). The molecular weight excluding hydrogens is 360 g/mol. The van der Waals surface area contributed by atoms with E-state index in [9.17, 15) is 14.9 Å². The van der Waals surface area contributed by atoms with Crippen LogP contribution < -0.4 is 9.64 Å². The molecule has 0 bridgehead atoms. The van der Waals surface area contributed by atoms with Gasteiger partial charge in [0.05, 0.1) is 12.0 Å². The Labute approximate surface area is 163 Å². The molecule has 0 aromatic heterocycles. The highest BCUT2D eigenvalue weighted by Crippen LogP contribution is 2.37. The first-order valence-corrected chi connectivity index (χ1v) is 9.07. The normalized spacial score (nSPS) is 15.0. The molecule has 7 heteroatoms. The van der Waals surface area contributed by atoms with E-state index in [1.165, 1.54) is 17.7 Å². The Kier molecular flexibility index (Phi) is 5.93. The Morgan fingerprint density at radius 3 is 2.61 bits per heavy atom. The van der Waals surface area contributed by atoms with E-state index >= 15 is 0 Å². The fourth-order valence-corrected chi connectivity index (χ4v) is 3.66. The van der Waals surface area contributed by atoms with E-state index in [0.717, 1.165) is 24.7 Å². The molecule has 1 aliphatic rings. The maximum Gasteiger partial charge on any atom is 0.328 e. The molecule has 7 nitrogen and oxygen atoms in total. The van der Waals surface area contributed by atoms with Gasteiger partial charge in [-0.05, 0) is 48.1 Å². The number of para-hydroxylation sites is 1. The van der Waals surface area contributed by atoms with E-state index < -0.39 is 10.9 Å². The third-order valence-electron chi connectivity index (χ3n) is 5.03. The summed E-state index contributed by atoms with van der Waals surface area (Å²) in [6.07, 6.45) is 4.07. The minimum Gasteiger partial charge on any atom is -0.496 e. The van der Waals surface area contributed by atoms with E-state index in [0.29, 0.717) is 30.3 Å². The number of carbonyl (C=O) groups is 1. The van der Waals surface area contributed by atoms with Crippen LogP contribution in [0.5, 0.6) is 5.75 Å². The molecule has 0 atom stereocenters. The SMILES string of the molecule is COc1ccccc1C1CCN(c2ccc(/C=C\C(=O)O)cc2[N+](=O)[O-])CC1. The predicted molar refractivity (Wildman–Crippen MR) is 107 cm³/mol. The van der Waals surface area contributed by atoms with Gasteiger partial charge in [-0.25, -0.2) is 4.79 Å². The zero-order valence-electron chi connectivity index (χ0n) is 15.6. The van der Waals surface area contributed by atoms with E-state index in [2.05, 4.69) is 6.07 Å². The molecule has 0 radical (unpaired) electrons. The van der Waals surface area contributed by atoms with Crippen molar-refractivity contribution in [3.8, 4) is 5.75 Å². The Morgan fingerprint density at radius 2 is 1.96 bits per heavy atom. The minimum absolute atomic E-state index is 0.0109. The number of benzene rings is 2. The summed E-state index contributed by atoms with van der Waals surface area (Å²) in [6.45, 7) is 1.40. The quantitative estimate of drug-likeness (QED) is 0.460. The lowest BCUT2D eigenvalue weighted by Crippen LogP contribution is -2.33. The molecule has 1 N–H and O–H groups in total. The molecule has 0 unspecified atom stereocenters. The Hall–Kier alpha value is -3.35. The summed E-state index contributed by atoms with van der Waals surface area (Å²) in [7, 11) is 1.66. The lowest BCUT2D eigenvalue weighted by atomic mass is 9.88. The third kappa shape index (κ3) is 4.31. The van der Waals surface area contributed by atoms with Crippen LogP contribution in [0.2, 0.25) is 0 Å². The number of aliphatic carboxylic acids is 1. The second kappa shape index (κ2) is 8.56. The second-order valence-corrected chi connectivity index (χ2v) is 6.68. The molecule has 1 aliphatic heterocycles. The fourth-order valence-electron chi connectivity index (χ4n) is 3.66. The minimum atomic E-state index is -1.09. The van der Waals surface area contributed by atoms with E-state index in [-0.39, 0.29) is 5.69 Å². The standard InChI is InChI=1S/C21H22N2O5/c1-28-20-5-3-2-4-17(20)16-10-12-22(13-11-16)18-8-6-15(7-9-21(24)25)14-19(18)23(26)27/h2-9,14,16H,10-13H2,1H3,(H,24,25)/b9-7-. The summed E-state index contributed by atoms with van der Waals surface area (Å²) in [5.74, 6) is 0.135. The van der Waals surface area contributed by atoms with Gasteiger partial charge >= 0.3 is 5.97 Å². The van der Waals surface area contributed by atoms with E-state index in [4.69, 9.17) is 9.84 Å². The van der Waals surface area contributed by atoms with Gasteiger partial charge in [-0.1, -0.05) is 24.3 Å². The Balaban J connectivity index is 1.78. The van der Waals surface area contributed by atoms with Crippen LogP contribution in [0.4, 0.5) is 11.4 Å². The second-order valence-electron chi connectivity index (χ2n) is 6.68. The molecule has 1 saturated heterocycles. The van der Waals surface area contributed by atoms with Crippen LogP contribution in [0.1, 0.15) is 29.9 Å². The monoisotopic (exact) mass is 382 g/mol. The first-order chi connectivity index (χ1) is 13.5. The molecular formula is C21H22N2O5. The van der Waals surface area contributed by atoms with Crippen molar-refractivity contribution in [2.24, 2.45) is 0 Å². The molecule has 0 aliphatic carbocycles. The number of nitro groups is 1. The predicted octanol–water partition coefficient (Wildman–Crippen LogP) is 4.09. The van der Waals surface area contributed by atoms with Gasteiger partial charge in [-0.3, -0.25) is 10.1 Å². The van der Waals surface area contributed by atoms with Crippen LogP contribution in [-0.4, -0.2) is 36.2 Å². The number of methoxy groups -OCH3 is 1. The van der Waals surface area contributed by atoms with Gasteiger partial charge in [0.2, 0.25) is 0 Å². The van der Waals surface area contributed by atoms with Crippen molar-refractivity contribution in [3.05, 3.63) is 69.8 Å². The maximum absolute atomic E-state index is 11.5. The number of ether oxygens (including phenoxy) is 1. The molecule has 2 aromatic rings. The van der Waals surface area contributed by atoms with Crippen molar-refractivity contribution >= 4 is 23.4 Å². The van der Waals surface area contributed by atoms with E-state index in [1.54, 1.807) is 19.2 Å². The summed E-state index contributed by atoms with van der Waals surface area (Å²) in [5, 5.41) is 20.3. The van der Waals surface area contributed by atoms with Crippen molar-refractivity contribution in [3.63, 3.8) is 0 Å². The average molecular weight is 382 g/mol. The third-order valence-corrected chi connectivity index (χ3v) is 5.03. The van der Waals surface area contributed by atoms with Crippen molar-refractivity contribution in [2.75, 3.05) is 25.1 Å². The number of anilines is 1. The smallest absolute Gasteiger partial charge is 0.328 e. The average Bonchev–Trinajstić information content (AvgIpc) is 2.72. The summed E-state index contributed by atoms with van der Waals surface area (Å²) in [6, 6.07) is 12.8. The molecule has 2 aromatic carbocycles. The van der Waals surface area contributed by atoms with Crippen molar-refractivity contribution < 1.29 is 19.6 Å². The summed E-state index contributed by atoms with van der Waals surface area (Å²) in [4.78, 5) is 23.8. The van der Waals surface area contributed by atoms with Crippen LogP contribution in [0.3, 0.4) is 0 Å². The van der Waals surface area contributed by atoms with Gasteiger partial charge < -0.3 is 14.7 Å². The van der Waals surface area contributed by atoms with Crippen molar-refractivity contribution in [2.45, 2.75) is 18.8 Å². The van der Waals surface area contributed by atoms with Crippen LogP contribution >= 0.6 is 0 Å². The molecule has 1 heterocycles. The topological polar surface area (TPSA) is 92.9 Å². The number of nitrogens with zero attached hydrogens (tertiary/aromatic N) is 2. The molecule has 0 spiro atoms. The Morgan fingerprint density at radius 1 is 1.25 bits per heavy atom. The number of rotatable bonds is 6. The lowest BCUT2D eigenvalue weighted by molar-refractivity contribution is -0.384. The van der Waals surface area contributed by atoms with Crippen molar-refractivity contribution in [1.82, 2.24) is 0 Å². The van der Waals surface area contributed by atoms with Crippen LogP contribution in [0.15, 0.2) is 48.5 Å². The maximum atomic E-state index is 11.5. The van der Waals surface area contributed by atoms with Crippen LogP contribution in [-0.2, 0) is 4.79 Å². The number of hydrogen-bond acceptors (Lipinski definition) is 5. The van der Waals surface area contributed by atoms with Gasteiger partial charge in [-0.2, -0.15) is 0 Å². The first kappa shape index (κ1) is 19.4. The number of hydrogen-bond donors (Lipinski definition) is 1. The summed E-state index contributed by atoms with van der Waals surface area (Å²) in [5.41, 5.74) is 2.22. The lowest BCUT2D eigenvalue weighted by Gasteiger charge is -2.34. The zero-order chi connectivity index (χ0) is 20.1. The number of piperidine rings is 1. The summed E-state index contributed by atoms with van der Waals surface area (Å²) < 4.78 is 5.46. The molecule has 28 heavy (non-hydrogen) atoms. The van der Waals surface area contributed by atoms with E-state index in [1.807, 2.05) is 23.1 Å². The highest BCUT2D eigenvalue weighted by molar-refractivity contribution is 5.85. The van der Waals surface area contributed by atoms with Crippen LogP contribution in [0.25, 0.3) is 6.08 Å². The highest BCUT2D eigenvalue weighted by Gasteiger charge is 2.27. The van der Waals surface area contributed by atoms with Crippen molar-refractivity contribution in [1.29, 1.82) is 0 Å². The number of nitro benzene ring substituents is 1. The fraction of sp³-hybridized carbons (Fsp3) is 0.286. The highest BCUT2D eigenvalue weighted by atomic mass is 16.6. The van der Waals surface area contributed by atoms with Gasteiger partial charge in [0.25, 0.3) is 5.69 Å². The van der Waals surface area contributed by atoms with Crippen LogP contribution in [0, 0.1) is 10.1 Å². The summed E-state index contributed by atoms with van der Waals surface area (Å²) >= 11 is 0. The number of carboxylic acids is 1. The first-order valence-electron chi connectivity index (χ1n) is 9.07. The van der Waals surface area contributed by atoms with Gasteiger partial charge in [0.1, 0.15) is 11.4 Å². The molecule has 0 amide bonds. The molecule has 1 fully saturated rings. The largest absolute Gasteiger partial charge is 0.496 e. The van der Waals surface area contributed by atoms with Gasteiger partial charge in [-0.15, -0.1) is 0 Å². The van der Waals surface area contributed by atoms with Gasteiger partial charge in [0, 0.05) is 25.2 Å². The van der Waals surface area contributed by atoms with Gasteiger partial charge in [0.15, 0.2) is 0 Å².